The molecule has 10 rings (SSSR count). The standard InChI is InChI=1S/C45H33N5/c1-3-14-30(15-4-1)43-46-44(31-16-5-2-6-17-31)48-45(47-43)32-18-13-19-33(28-32)49-41-25-12-9-22-37(41)38-29-34(26-27-42(38)49)50-39-23-10-7-20-35(39)36-21-8-11-24-40(36)50/h1,3-5,7-14,16-30H,2,6,15H2. The van der Waals surface area contributed by atoms with E-state index >= 15 is 0 Å². The Balaban J connectivity index is 1.14. The van der Waals surface area contributed by atoms with Crippen LogP contribution >= 0.6 is 0 Å². The fourth-order valence-electron chi connectivity index (χ4n) is 7.73. The molecule has 0 radical (unpaired) electrons. The van der Waals surface area contributed by atoms with E-state index in [9.17, 15) is 0 Å². The topological polar surface area (TPSA) is 48.5 Å². The second-order valence-electron chi connectivity index (χ2n) is 13.1. The number of allylic oxidation sites excluding steroid dienone is 8. The van der Waals surface area contributed by atoms with Crippen molar-refractivity contribution in [1.82, 2.24) is 24.1 Å². The molecule has 8 aromatic rings. The Hall–Kier alpha value is -6.33. The quantitative estimate of drug-likeness (QED) is 0.187. The Morgan fingerprint density at radius 2 is 1.18 bits per heavy atom. The molecule has 3 heterocycles. The molecule has 3 aromatic heterocycles. The summed E-state index contributed by atoms with van der Waals surface area (Å²) in [7, 11) is 0. The maximum Gasteiger partial charge on any atom is 0.163 e. The lowest BCUT2D eigenvalue weighted by Crippen LogP contribution is -2.09. The maximum absolute atomic E-state index is 5.09. The zero-order valence-electron chi connectivity index (χ0n) is 27.4. The first-order valence-corrected chi connectivity index (χ1v) is 17.4. The zero-order valence-corrected chi connectivity index (χ0v) is 27.4. The minimum Gasteiger partial charge on any atom is -0.309 e. The van der Waals surface area contributed by atoms with E-state index in [-0.39, 0.29) is 5.92 Å². The number of fused-ring (bicyclic) bond motifs is 6. The molecule has 0 saturated heterocycles. The third-order valence-corrected chi connectivity index (χ3v) is 10.1. The van der Waals surface area contributed by atoms with Crippen molar-refractivity contribution < 1.29 is 0 Å². The molecular weight excluding hydrogens is 611 g/mol. The fourth-order valence-corrected chi connectivity index (χ4v) is 7.73. The molecule has 0 N–H and O–H groups in total. The normalized spacial score (nSPS) is 15.8. The molecule has 5 nitrogen and oxygen atoms in total. The lowest BCUT2D eigenvalue weighted by atomic mass is 9.99. The summed E-state index contributed by atoms with van der Waals surface area (Å²) >= 11 is 0. The van der Waals surface area contributed by atoms with E-state index in [1.165, 1.54) is 32.6 Å². The summed E-state index contributed by atoms with van der Waals surface area (Å²) in [5, 5.41) is 4.95. The molecule has 238 valence electrons. The summed E-state index contributed by atoms with van der Waals surface area (Å²) in [5.74, 6) is 2.37. The van der Waals surface area contributed by atoms with Crippen LogP contribution in [0.2, 0.25) is 0 Å². The molecule has 0 spiro atoms. The molecule has 5 heteroatoms. The van der Waals surface area contributed by atoms with Gasteiger partial charge in [-0.1, -0.05) is 109 Å². The first-order valence-electron chi connectivity index (χ1n) is 17.4. The highest BCUT2D eigenvalue weighted by molar-refractivity contribution is 6.12. The monoisotopic (exact) mass is 643 g/mol. The van der Waals surface area contributed by atoms with Crippen LogP contribution in [-0.4, -0.2) is 24.1 Å². The van der Waals surface area contributed by atoms with Gasteiger partial charge in [0.25, 0.3) is 0 Å². The third kappa shape index (κ3) is 4.66. The average molecular weight is 644 g/mol. The Labute approximate surface area is 289 Å². The van der Waals surface area contributed by atoms with Crippen LogP contribution < -0.4 is 0 Å². The van der Waals surface area contributed by atoms with Crippen LogP contribution in [0.25, 0.3) is 71.9 Å². The molecular formula is C45H33N5. The van der Waals surface area contributed by atoms with E-state index in [0.29, 0.717) is 5.82 Å². The van der Waals surface area contributed by atoms with Gasteiger partial charge in [0.15, 0.2) is 11.6 Å². The third-order valence-electron chi connectivity index (χ3n) is 10.1. The number of aromatic nitrogens is 5. The van der Waals surface area contributed by atoms with Gasteiger partial charge in [-0.15, -0.1) is 0 Å². The Bertz CT molecular complexity index is 2700. The number of benzene rings is 5. The van der Waals surface area contributed by atoms with E-state index in [0.717, 1.165) is 64.5 Å². The molecule has 2 aliphatic carbocycles. The van der Waals surface area contributed by atoms with Gasteiger partial charge >= 0.3 is 0 Å². The second kappa shape index (κ2) is 11.7. The van der Waals surface area contributed by atoms with E-state index in [1.807, 2.05) is 0 Å². The van der Waals surface area contributed by atoms with Crippen molar-refractivity contribution in [2.75, 3.05) is 0 Å². The molecule has 1 unspecified atom stereocenters. The summed E-state index contributed by atoms with van der Waals surface area (Å²) in [6, 6.07) is 41.6. The zero-order chi connectivity index (χ0) is 33.0. The molecule has 50 heavy (non-hydrogen) atoms. The molecule has 0 aliphatic heterocycles. The number of nitrogens with zero attached hydrogens (tertiary/aromatic N) is 5. The Morgan fingerprint density at radius 3 is 1.86 bits per heavy atom. The fraction of sp³-hybridized carbons (Fsp3) is 0.0889. The number of hydrogen-bond acceptors (Lipinski definition) is 3. The Morgan fingerprint density at radius 1 is 0.520 bits per heavy atom. The summed E-state index contributed by atoms with van der Waals surface area (Å²) in [6.07, 6.45) is 18.1. The predicted molar refractivity (Wildman–Crippen MR) is 206 cm³/mol. The van der Waals surface area contributed by atoms with Crippen molar-refractivity contribution in [2.45, 2.75) is 25.2 Å². The van der Waals surface area contributed by atoms with Crippen LogP contribution in [0.5, 0.6) is 0 Å². The SMILES string of the molecule is C1=CCC(c2nc(C3=CCCC=C3)nc(-c3cccc(-n4c5ccccc5c5cc(-n6c7ccccc7c7ccccc76)ccc54)c3)n2)C=C1. The lowest BCUT2D eigenvalue weighted by Gasteiger charge is -2.16. The van der Waals surface area contributed by atoms with Gasteiger partial charge in [0.2, 0.25) is 0 Å². The Kier molecular flexibility index (Phi) is 6.69. The minimum atomic E-state index is 0.123. The van der Waals surface area contributed by atoms with Crippen LogP contribution in [0.4, 0.5) is 0 Å². The summed E-state index contributed by atoms with van der Waals surface area (Å²) in [4.78, 5) is 15.1. The summed E-state index contributed by atoms with van der Waals surface area (Å²) < 4.78 is 4.76. The second-order valence-corrected chi connectivity index (χ2v) is 13.1. The van der Waals surface area contributed by atoms with Gasteiger partial charge in [0.1, 0.15) is 5.82 Å². The van der Waals surface area contributed by atoms with Crippen molar-refractivity contribution in [3.8, 4) is 22.8 Å². The highest BCUT2D eigenvalue weighted by Crippen LogP contribution is 2.37. The van der Waals surface area contributed by atoms with Crippen LogP contribution in [0.3, 0.4) is 0 Å². The van der Waals surface area contributed by atoms with Crippen LogP contribution in [0, 0.1) is 0 Å². The molecule has 5 aromatic carbocycles. The number of para-hydroxylation sites is 3. The highest BCUT2D eigenvalue weighted by atomic mass is 15.0. The van der Waals surface area contributed by atoms with Gasteiger partial charge in [0.05, 0.1) is 22.1 Å². The number of rotatable bonds is 5. The first-order chi connectivity index (χ1) is 24.8. The van der Waals surface area contributed by atoms with Crippen LogP contribution in [-0.2, 0) is 0 Å². The molecule has 0 bridgehead atoms. The summed E-state index contributed by atoms with van der Waals surface area (Å²) in [5.41, 5.74) is 8.98. The van der Waals surface area contributed by atoms with Gasteiger partial charge in [-0.2, -0.15) is 0 Å². The van der Waals surface area contributed by atoms with Crippen LogP contribution in [0.15, 0.2) is 158 Å². The van der Waals surface area contributed by atoms with Crippen molar-refractivity contribution >= 4 is 49.2 Å². The van der Waals surface area contributed by atoms with Gasteiger partial charge in [0, 0.05) is 50.0 Å². The van der Waals surface area contributed by atoms with E-state index in [2.05, 4.69) is 167 Å². The van der Waals surface area contributed by atoms with Gasteiger partial charge < -0.3 is 9.13 Å². The summed E-state index contributed by atoms with van der Waals surface area (Å²) in [6.45, 7) is 0. The van der Waals surface area contributed by atoms with Gasteiger partial charge in [-0.3, -0.25) is 0 Å². The van der Waals surface area contributed by atoms with Gasteiger partial charge in [-0.25, -0.2) is 15.0 Å². The number of hydrogen-bond donors (Lipinski definition) is 0. The lowest BCUT2D eigenvalue weighted by molar-refractivity contribution is 0.756. The van der Waals surface area contributed by atoms with Crippen molar-refractivity contribution in [3.05, 3.63) is 169 Å². The predicted octanol–water partition coefficient (Wildman–Crippen LogP) is 11.1. The van der Waals surface area contributed by atoms with Crippen molar-refractivity contribution in [1.29, 1.82) is 0 Å². The maximum atomic E-state index is 5.09. The molecule has 0 amide bonds. The van der Waals surface area contributed by atoms with E-state index in [4.69, 9.17) is 15.0 Å². The van der Waals surface area contributed by atoms with E-state index < -0.39 is 0 Å². The largest absolute Gasteiger partial charge is 0.309 e. The van der Waals surface area contributed by atoms with Crippen molar-refractivity contribution in [2.24, 2.45) is 0 Å². The van der Waals surface area contributed by atoms with Gasteiger partial charge in [-0.05, 0) is 67.8 Å². The minimum absolute atomic E-state index is 0.123. The molecule has 0 saturated carbocycles. The smallest absolute Gasteiger partial charge is 0.163 e. The molecule has 0 fully saturated rings. The average Bonchev–Trinajstić information content (AvgIpc) is 3.71. The molecule has 1 atom stereocenters. The van der Waals surface area contributed by atoms with E-state index in [1.54, 1.807) is 0 Å². The highest BCUT2D eigenvalue weighted by Gasteiger charge is 2.20. The van der Waals surface area contributed by atoms with Crippen LogP contribution in [0.1, 0.15) is 36.8 Å². The van der Waals surface area contributed by atoms with Crippen molar-refractivity contribution in [3.63, 3.8) is 0 Å². The molecule has 2 aliphatic rings. The first kappa shape index (κ1) is 28.7.